The van der Waals surface area contributed by atoms with Gasteiger partial charge in [-0.25, -0.2) is 4.98 Å². The number of rotatable bonds is 3. The van der Waals surface area contributed by atoms with E-state index in [2.05, 4.69) is 20.5 Å². The van der Waals surface area contributed by atoms with E-state index in [9.17, 15) is 4.79 Å². The first-order valence-electron chi connectivity index (χ1n) is 8.24. The van der Waals surface area contributed by atoms with Gasteiger partial charge in [0.1, 0.15) is 5.82 Å². The van der Waals surface area contributed by atoms with Gasteiger partial charge >= 0.3 is 0 Å². The van der Waals surface area contributed by atoms with Gasteiger partial charge < -0.3 is 10.2 Å². The minimum atomic E-state index is -0.235. The molecule has 0 radical (unpaired) electrons. The maximum Gasteiger partial charge on any atom is 0.284 e. The molecule has 26 heavy (non-hydrogen) atoms. The standard InChI is InChI=1S/C18H16ClN5OS/c1-11-7-8-15(23-22-11)24-9-3-6-14-16(24)21-18(26-14)17(25)20-13-5-2-4-12(19)10-13/h2,4-5,7-8,10H,3,6,9H2,1H3,(H,20,25). The van der Waals surface area contributed by atoms with Gasteiger partial charge in [-0.2, -0.15) is 5.10 Å². The number of carbonyl (C=O) groups excluding carboxylic acids is 1. The molecule has 2 aromatic heterocycles. The molecule has 6 nitrogen and oxygen atoms in total. The largest absolute Gasteiger partial charge is 0.320 e. The second-order valence-electron chi connectivity index (χ2n) is 6.02. The van der Waals surface area contributed by atoms with Gasteiger partial charge in [0.05, 0.1) is 5.69 Å². The highest BCUT2D eigenvalue weighted by Gasteiger charge is 2.26. The predicted molar refractivity (Wildman–Crippen MR) is 104 cm³/mol. The van der Waals surface area contributed by atoms with Crippen LogP contribution in [-0.4, -0.2) is 27.6 Å². The van der Waals surface area contributed by atoms with Crippen molar-refractivity contribution in [2.45, 2.75) is 19.8 Å². The first-order chi connectivity index (χ1) is 12.6. The topological polar surface area (TPSA) is 71.0 Å². The number of anilines is 3. The SMILES string of the molecule is Cc1ccc(N2CCCc3sc(C(=O)Nc4cccc(Cl)c4)nc32)nn1. The normalized spacial score (nSPS) is 13.4. The monoisotopic (exact) mass is 385 g/mol. The van der Waals surface area contributed by atoms with Crippen LogP contribution in [0.4, 0.5) is 17.3 Å². The van der Waals surface area contributed by atoms with Crippen LogP contribution in [0.3, 0.4) is 0 Å². The number of nitrogens with one attached hydrogen (secondary N) is 1. The molecule has 3 aromatic rings. The van der Waals surface area contributed by atoms with Crippen LogP contribution in [0.15, 0.2) is 36.4 Å². The summed E-state index contributed by atoms with van der Waals surface area (Å²) >= 11 is 7.39. The molecule has 0 spiro atoms. The Morgan fingerprint density at radius 3 is 2.92 bits per heavy atom. The second kappa shape index (κ2) is 7.01. The third-order valence-electron chi connectivity index (χ3n) is 4.06. The van der Waals surface area contributed by atoms with E-state index < -0.39 is 0 Å². The van der Waals surface area contributed by atoms with E-state index >= 15 is 0 Å². The summed E-state index contributed by atoms with van der Waals surface area (Å²) in [6.45, 7) is 2.71. The van der Waals surface area contributed by atoms with Gasteiger partial charge in [0, 0.05) is 22.1 Å². The van der Waals surface area contributed by atoms with E-state index in [4.69, 9.17) is 11.6 Å². The average molecular weight is 386 g/mol. The fourth-order valence-electron chi connectivity index (χ4n) is 2.83. The van der Waals surface area contributed by atoms with Crippen molar-refractivity contribution in [2.75, 3.05) is 16.8 Å². The zero-order chi connectivity index (χ0) is 18.1. The number of halogens is 1. The van der Waals surface area contributed by atoms with Crippen molar-refractivity contribution in [3.05, 3.63) is 57.0 Å². The van der Waals surface area contributed by atoms with Crippen LogP contribution in [0.25, 0.3) is 0 Å². The minimum absolute atomic E-state index is 0.235. The number of benzene rings is 1. The highest BCUT2D eigenvalue weighted by Crippen LogP contribution is 2.35. The van der Waals surface area contributed by atoms with Crippen molar-refractivity contribution in [1.82, 2.24) is 15.2 Å². The molecule has 0 unspecified atom stereocenters. The quantitative estimate of drug-likeness (QED) is 0.730. The first-order valence-corrected chi connectivity index (χ1v) is 9.44. The number of aryl methyl sites for hydroxylation is 2. The van der Waals surface area contributed by atoms with Gasteiger partial charge in [0.2, 0.25) is 0 Å². The average Bonchev–Trinajstić information content (AvgIpc) is 3.07. The molecule has 0 saturated heterocycles. The number of aromatic nitrogens is 3. The molecule has 0 atom stereocenters. The maximum absolute atomic E-state index is 12.6. The van der Waals surface area contributed by atoms with Crippen LogP contribution in [0.5, 0.6) is 0 Å². The van der Waals surface area contributed by atoms with Gasteiger partial charge in [0.15, 0.2) is 10.8 Å². The lowest BCUT2D eigenvalue weighted by molar-refractivity contribution is 0.102. The zero-order valence-electron chi connectivity index (χ0n) is 14.1. The molecule has 1 aliphatic heterocycles. The summed E-state index contributed by atoms with van der Waals surface area (Å²) in [5.41, 5.74) is 1.52. The van der Waals surface area contributed by atoms with E-state index in [0.29, 0.717) is 15.7 Å². The Labute approximate surface area is 159 Å². The number of thiazole rings is 1. The lowest BCUT2D eigenvalue weighted by Gasteiger charge is -2.25. The number of fused-ring (bicyclic) bond motifs is 1. The summed E-state index contributed by atoms with van der Waals surface area (Å²) in [5.74, 6) is 1.32. The molecule has 4 rings (SSSR count). The number of hydrogen-bond donors (Lipinski definition) is 1. The Bertz CT molecular complexity index is 956. The smallest absolute Gasteiger partial charge is 0.284 e. The van der Waals surface area contributed by atoms with Gasteiger partial charge in [-0.15, -0.1) is 16.4 Å². The molecule has 3 heterocycles. The van der Waals surface area contributed by atoms with E-state index in [1.807, 2.05) is 24.0 Å². The third kappa shape index (κ3) is 3.40. The van der Waals surface area contributed by atoms with Gasteiger partial charge in [0.25, 0.3) is 5.91 Å². The maximum atomic E-state index is 12.6. The molecule has 0 aliphatic carbocycles. The molecule has 0 fully saturated rings. The summed E-state index contributed by atoms with van der Waals surface area (Å²) in [6.07, 6.45) is 1.90. The number of amides is 1. The van der Waals surface area contributed by atoms with Crippen LogP contribution in [0, 0.1) is 6.92 Å². The highest BCUT2D eigenvalue weighted by atomic mass is 35.5. The highest BCUT2D eigenvalue weighted by molar-refractivity contribution is 7.14. The van der Waals surface area contributed by atoms with Gasteiger partial charge in [-0.1, -0.05) is 17.7 Å². The summed E-state index contributed by atoms with van der Waals surface area (Å²) in [6, 6.07) is 10.9. The van der Waals surface area contributed by atoms with Crippen molar-refractivity contribution in [3.63, 3.8) is 0 Å². The third-order valence-corrected chi connectivity index (χ3v) is 5.39. The van der Waals surface area contributed by atoms with Crippen LogP contribution in [0.1, 0.15) is 26.8 Å². The number of hydrogen-bond acceptors (Lipinski definition) is 6. The van der Waals surface area contributed by atoms with Gasteiger partial charge in [-0.05, 0) is 50.1 Å². The molecular weight excluding hydrogens is 370 g/mol. The van der Waals surface area contributed by atoms with E-state index in [1.54, 1.807) is 24.3 Å². The van der Waals surface area contributed by atoms with E-state index in [0.717, 1.165) is 41.6 Å². The molecule has 132 valence electrons. The fraction of sp³-hybridized carbons (Fsp3) is 0.222. The lowest BCUT2D eigenvalue weighted by atomic mass is 10.2. The molecule has 1 amide bonds. The Morgan fingerprint density at radius 1 is 1.27 bits per heavy atom. The van der Waals surface area contributed by atoms with Crippen LogP contribution < -0.4 is 10.2 Å². The number of carbonyl (C=O) groups is 1. The molecule has 0 saturated carbocycles. The van der Waals surface area contributed by atoms with E-state index in [-0.39, 0.29) is 5.91 Å². The summed E-state index contributed by atoms with van der Waals surface area (Å²) < 4.78 is 0. The van der Waals surface area contributed by atoms with Crippen LogP contribution in [-0.2, 0) is 6.42 Å². The second-order valence-corrected chi connectivity index (χ2v) is 7.54. The molecule has 1 aliphatic rings. The Balaban J connectivity index is 1.60. The molecule has 8 heteroatoms. The predicted octanol–water partition coefficient (Wildman–Crippen LogP) is 4.23. The molecule has 1 aromatic carbocycles. The van der Waals surface area contributed by atoms with Crippen molar-refractivity contribution in [3.8, 4) is 0 Å². The molecule has 0 bridgehead atoms. The molecule has 1 N–H and O–H groups in total. The van der Waals surface area contributed by atoms with Crippen LogP contribution in [0.2, 0.25) is 5.02 Å². The lowest BCUT2D eigenvalue weighted by Crippen LogP contribution is -2.25. The van der Waals surface area contributed by atoms with Crippen molar-refractivity contribution < 1.29 is 4.79 Å². The Morgan fingerprint density at radius 2 is 2.15 bits per heavy atom. The molecular formula is C18H16ClN5OS. The summed E-state index contributed by atoms with van der Waals surface area (Å²) in [5, 5.41) is 12.2. The fourth-order valence-corrected chi connectivity index (χ4v) is 4.02. The van der Waals surface area contributed by atoms with Crippen LogP contribution >= 0.6 is 22.9 Å². The van der Waals surface area contributed by atoms with Gasteiger partial charge in [-0.3, -0.25) is 4.79 Å². The van der Waals surface area contributed by atoms with E-state index in [1.165, 1.54) is 11.3 Å². The minimum Gasteiger partial charge on any atom is -0.320 e. The van der Waals surface area contributed by atoms with Crippen molar-refractivity contribution in [1.29, 1.82) is 0 Å². The van der Waals surface area contributed by atoms with Crippen molar-refractivity contribution in [2.24, 2.45) is 0 Å². The zero-order valence-corrected chi connectivity index (χ0v) is 15.6. The Hall–Kier alpha value is -2.51. The summed E-state index contributed by atoms with van der Waals surface area (Å²) in [4.78, 5) is 20.3. The first kappa shape index (κ1) is 16.9. The summed E-state index contributed by atoms with van der Waals surface area (Å²) in [7, 11) is 0. The Kier molecular flexibility index (Phi) is 4.57. The number of nitrogens with zero attached hydrogens (tertiary/aromatic N) is 4. The van der Waals surface area contributed by atoms with Crippen molar-refractivity contribution >= 4 is 46.2 Å².